The molecule has 2 amide bonds. The van der Waals surface area contributed by atoms with Gasteiger partial charge in [0.05, 0.1) is 24.8 Å². The second kappa shape index (κ2) is 15.7. The summed E-state index contributed by atoms with van der Waals surface area (Å²) in [7, 11) is -1.43. The van der Waals surface area contributed by atoms with Crippen LogP contribution in [0.25, 0.3) is 0 Å². The fraction of sp³-hybridized carbons (Fsp3) is 0.394. The molecule has 0 bridgehead atoms. The maximum absolute atomic E-state index is 14.3. The van der Waals surface area contributed by atoms with Gasteiger partial charge in [-0.2, -0.15) is 0 Å². The highest BCUT2D eigenvalue weighted by molar-refractivity contribution is 7.92. The Hall–Kier alpha value is -3.47. The molecule has 45 heavy (non-hydrogen) atoms. The van der Waals surface area contributed by atoms with Gasteiger partial charge in [0.15, 0.2) is 11.5 Å². The van der Waals surface area contributed by atoms with Crippen molar-refractivity contribution in [2.45, 2.75) is 69.0 Å². The van der Waals surface area contributed by atoms with Crippen LogP contribution in [0.4, 0.5) is 5.69 Å². The summed E-state index contributed by atoms with van der Waals surface area (Å²) < 4.78 is 40.0. The molecular weight excluding hydrogens is 637 g/mol. The topological polar surface area (TPSA) is 105 Å². The number of anilines is 1. The molecule has 0 saturated heterocycles. The molecule has 4 rings (SSSR count). The Morgan fingerprint density at radius 2 is 1.62 bits per heavy atom. The van der Waals surface area contributed by atoms with Crippen LogP contribution in [0.3, 0.4) is 0 Å². The molecule has 1 unspecified atom stereocenters. The van der Waals surface area contributed by atoms with Crippen LogP contribution in [-0.2, 0) is 26.2 Å². The van der Waals surface area contributed by atoms with E-state index in [0.717, 1.165) is 36.4 Å². The van der Waals surface area contributed by atoms with Gasteiger partial charge in [0.25, 0.3) is 10.0 Å². The van der Waals surface area contributed by atoms with Gasteiger partial charge in [-0.15, -0.1) is 0 Å². The van der Waals surface area contributed by atoms with Crippen molar-refractivity contribution in [3.05, 3.63) is 82.3 Å². The summed E-state index contributed by atoms with van der Waals surface area (Å²) in [5, 5.41) is 3.90. The number of ether oxygens (including phenoxy) is 2. The van der Waals surface area contributed by atoms with Gasteiger partial charge in [0.1, 0.15) is 12.6 Å². The summed E-state index contributed by atoms with van der Waals surface area (Å²) in [4.78, 5) is 29.4. The van der Waals surface area contributed by atoms with Crippen molar-refractivity contribution in [1.82, 2.24) is 10.2 Å². The van der Waals surface area contributed by atoms with Crippen molar-refractivity contribution in [3.8, 4) is 11.5 Å². The van der Waals surface area contributed by atoms with Gasteiger partial charge in [0, 0.05) is 28.7 Å². The summed E-state index contributed by atoms with van der Waals surface area (Å²) >= 11 is 12.6. The third-order valence-electron chi connectivity index (χ3n) is 7.96. The zero-order valence-corrected chi connectivity index (χ0v) is 28.0. The number of rotatable bonds is 13. The summed E-state index contributed by atoms with van der Waals surface area (Å²) in [5.74, 6) is -0.265. The van der Waals surface area contributed by atoms with Crippen molar-refractivity contribution in [1.29, 1.82) is 0 Å². The van der Waals surface area contributed by atoms with Gasteiger partial charge in [-0.1, -0.05) is 73.7 Å². The first kappa shape index (κ1) is 34.4. The summed E-state index contributed by atoms with van der Waals surface area (Å²) in [5.41, 5.74) is 0.858. The van der Waals surface area contributed by atoms with E-state index in [0.29, 0.717) is 27.8 Å². The number of nitrogens with one attached hydrogen (secondary N) is 1. The fourth-order valence-electron chi connectivity index (χ4n) is 5.52. The summed E-state index contributed by atoms with van der Waals surface area (Å²) in [6.07, 6.45) is 5.26. The van der Waals surface area contributed by atoms with Crippen molar-refractivity contribution in [2.75, 3.05) is 25.1 Å². The maximum Gasteiger partial charge on any atom is 0.264 e. The molecule has 0 heterocycles. The molecular formula is C33H39Cl2N3O6S. The first-order valence-corrected chi connectivity index (χ1v) is 17.1. The Morgan fingerprint density at radius 3 is 2.24 bits per heavy atom. The quantitative estimate of drug-likeness (QED) is 0.223. The van der Waals surface area contributed by atoms with E-state index in [1.54, 1.807) is 48.5 Å². The van der Waals surface area contributed by atoms with Gasteiger partial charge in [-0.3, -0.25) is 13.9 Å². The minimum absolute atomic E-state index is 0.0233. The second-order valence-electron chi connectivity index (χ2n) is 10.9. The number of nitrogens with zero attached hydrogens (tertiary/aromatic N) is 2. The molecule has 1 N–H and O–H groups in total. The first-order chi connectivity index (χ1) is 21.6. The van der Waals surface area contributed by atoms with E-state index in [4.69, 9.17) is 32.7 Å². The predicted molar refractivity (Wildman–Crippen MR) is 177 cm³/mol. The summed E-state index contributed by atoms with van der Waals surface area (Å²) in [6, 6.07) is 16.7. The molecule has 242 valence electrons. The molecule has 1 aliphatic carbocycles. The predicted octanol–water partition coefficient (Wildman–Crippen LogP) is 6.46. The maximum atomic E-state index is 14.3. The zero-order valence-electron chi connectivity index (χ0n) is 25.7. The molecule has 1 atom stereocenters. The number of halogens is 2. The van der Waals surface area contributed by atoms with Gasteiger partial charge >= 0.3 is 0 Å². The highest BCUT2D eigenvalue weighted by Gasteiger charge is 2.35. The van der Waals surface area contributed by atoms with Crippen LogP contribution in [0.5, 0.6) is 11.5 Å². The molecule has 0 aliphatic heterocycles. The molecule has 3 aromatic carbocycles. The normalized spacial score (nSPS) is 14.3. The SMILES string of the molecule is CCC(C(=O)NC1CCCCC1)N(Cc1ccc(Cl)cc1Cl)C(=O)CN(c1ccccc1)S(=O)(=O)c1ccc(OC)c(OC)c1. The molecule has 1 saturated carbocycles. The van der Waals surface area contributed by atoms with Crippen LogP contribution in [0.2, 0.25) is 10.0 Å². The highest BCUT2D eigenvalue weighted by Crippen LogP contribution is 2.33. The van der Waals surface area contributed by atoms with E-state index in [-0.39, 0.29) is 34.8 Å². The second-order valence-corrected chi connectivity index (χ2v) is 13.6. The average molecular weight is 677 g/mol. The van der Waals surface area contributed by atoms with Crippen molar-refractivity contribution in [2.24, 2.45) is 0 Å². The molecule has 0 spiro atoms. The van der Waals surface area contributed by atoms with E-state index in [1.807, 2.05) is 6.92 Å². The molecule has 1 aliphatic rings. The van der Waals surface area contributed by atoms with Gasteiger partial charge < -0.3 is 19.7 Å². The van der Waals surface area contributed by atoms with Gasteiger partial charge in [-0.05, 0) is 61.2 Å². The summed E-state index contributed by atoms with van der Waals surface area (Å²) in [6.45, 7) is 1.23. The fourth-order valence-corrected chi connectivity index (χ4v) is 7.42. The van der Waals surface area contributed by atoms with Crippen LogP contribution in [0.1, 0.15) is 51.0 Å². The number of carbonyl (C=O) groups is 2. The van der Waals surface area contributed by atoms with E-state index >= 15 is 0 Å². The number of hydrogen-bond acceptors (Lipinski definition) is 6. The lowest BCUT2D eigenvalue weighted by Crippen LogP contribution is -2.54. The first-order valence-electron chi connectivity index (χ1n) is 14.9. The van der Waals surface area contributed by atoms with Crippen LogP contribution in [-0.4, -0.2) is 58.0 Å². The minimum Gasteiger partial charge on any atom is -0.493 e. The number of methoxy groups -OCH3 is 2. The number of benzene rings is 3. The van der Waals surface area contributed by atoms with E-state index in [2.05, 4.69) is 5.32 Å². The largest absolute Gasteiger partial charge is 0.493 e. The lowest BCUT2D eigenvalue weighted by molar-refractivity contribution is -0.140. The van der Waals surface area contributed by atoms with Gasteiger partial charge in [-0.25, -0.2) is 8.42 Å². The van der Waals surface area contributed by atoms with Crippen LogP contribution < -0.4 is 19.1 Å². The Balaban J connectivity index is 1.73. The molecule has 0 radical (unpaired) electrons. The van der Waals surface area contributed by atoms with E-state index < -0.39 is 28.5 Å². The Labute approximate surface area is 275 Å². The van der Waals surface area contributed by atoms with Crippen LogP contribution in [0, 0.1) is 0 Å². The number of amides is 2. The van der Waals surface area contributed by atoms with E-state index in [9.17, 15) is 18.0 Å². The van der Waals surface area contributed by atoms with Gasteiger partial charge in [0.2, 0.25) is 11.8 Å². The monoisotopic (exact) mass is 675 g/mol. The molecule has 3 aromatic rings. The lowest BCUT2D eigenvalue weighted by Gasteiger charge is -2.34. The number of sulfonamides is 1. The standard InChI is InChI=1S/C33H39Cl2N3O6S/c1-4-29(33(40)36-25-11-7-5-8-12-25)37(21-23-15-16-24(34)19-28(23)35)32(39)22-38(26-13-9-6-10-14-26)45(41,42)27-17-18-30(43-2)31(20-27)44-3/h6,9-10,13-20,25,29H,4-5,7-8,11-12,21-22H2,1-3H3,(H,36,40). The number of carbonyl (C=O) groups excluding carboxylic acids is 2. The smallest absolute Gasteiger partial charge is 0.264 e. The number of hydrogen-bond donors (Lipinski definition) is 1. The lowest BCUT2D eigenvalue weighted by atomic mass is 9.95. The number of para-hydroxylation sites is 1. The van der Waals surface area contributed by atoms with Crippen LogP contribution >= 0.6 is 23.2 Å². The Morgan fingerprint density at radius 1 is 0.933 bits per heavy atom. The van der Waals surface area contributed by atoms with Crippen molar-refractivity contribution >= 4 is 50.7 Å². The molecule has 1 fully saturated rings. The van der Waals surface area contributed by atoms with Crippen LogP contribution in [0.15, 0.2) is 71.6 Å². The van der Waals surface area contributed by atoms with E-state index in [1.165, 1.54) is 37.3 Å². The Kier molecular flexibility index (Phi) is 12.0. The Bertz CT molecular complexity index is 1580. The highest BCUT2D eigenvalue weighted by atomic mass is 35.5. The third-order valence-corrected chi connectivity index (χ3v) is 10.3. The molecule has 0 aromatic heterocycles. The molecule has 9 nitrogen and oxygen atoms in total. The average Bonchev–Trinajstić information content (AvgIpc) is 3.04. The minimum atomic E-state index is -4.30. The third kappa shape index (κ3) is 8.42. The zero-order chi connectivity index (χ0) is 32.6. The molecule has 12 heteroatoms. The van der Waals surface area contributed by atoms with Crippen molar-refractivity contribution in [3.63, 3.8) is 0 Å². The van der Waals surface area contributed by atoms with Crippen molar-refractivity contribution < 1.29 is 27.5 Å².